The van der Waals surface area contributed by atoms with Gasteiger partial charge in [0.15, 0.2) is 0 Å². The summed E-state index contributed by atoms with van der Waals surface area (Å²) in [5.74, 6) is 0.538. The topological polar surface area (TPSA) is 67.2 Å². The van der Waals surface area contributed by atoms with E-state index in [1.807, 2.05) is 13.8 Å². The number of nitrogens with zero attached hydrogens (tertiary/aromatic N) is 2. The van der Waals surface area contributed by atoms with Crippen molar-refractivity contribution < 1.29 is 5.11 Å². The van der Waals surface area contributed by atoms with Crippen LogP contribution in [0.1, 0.15) is 43.0 Å². The maximum absolute atomic E-state index is 12.4. The van der Waals surface area contributed by atoms with Crippen LogP contribution in [0, 0.1) is 6.92 Å². The van der Waals surface area contributed by atoms with Crippen LogP contribution in [0.5, 0.6) is 0 Å². The second kappa shape index (κ2) is 5.63. The quantitative estimate of drug-likeness (QED) is 0.766. The highest BCUT2D eigenvalue weighted by atomic mass is 16.3. The molecule has 0 saturated heterocycles. The summed E-state index contributed by atoms with van der Waals surface area (Å²) < 4.78 is 1.64. The van der Waals surface area contributed by atoms with E-state index < -0.39 is 6.10 Å². The molecule has 2 heterocycles. The molecule has 0 fully saturated rings. The Hall–Kier alpha value is -1.20. The van der Waals surface area contributed by atoms with Gasteiger partial charge in [-0.2, -0.15) is 0 Å². The SMILES string of the molecule is CCNCCc1c(C)nc2n(c1=O)CCCC2O. The van der Waals surface area contributed by atoms with E-state index in [0.717, 1.165) is 30.8 Å². The van der Waals surface area contributed by atoms with Gasteiger partial charge in [0.2, 0.25) is 0 Å². The average Bonchev–Trinajstić information content (AvgIpc) is 2.35. The van der Waals surface area contributed by atoms with Crippen molar-refractivity contribution in [2.75, 3.05) is 13.1 Å². The number of nitrogens with one attached hydrogen (secondary N) is 1. The normalized spacial score (nSPS) is 18.7. The summed E-state index contributed by atoms with van der Waals surface area (Å²) in [6, 6.07) is 0. The Morgan fingerprint density at radius 2 is 2.33 bits per heavy atom. The molecule has 0 aliphatic carbocycles. The van der Waals surface area contributed by atoms with Gasteiger partial charge >= 0.3 is 0 Å². The maximum Gasteiger partial charge on any atom is 0.257 e. The van der Waals surface area contributed by atoms with Gasteiger partial charge in [-0.25, -0.2) is 4.98 Å². The first-order chi connectivity index (χ1) is 8.65. The van der Waals surface area contributed by atoms with Gasteiger partial charge in [0, 0.05) is 17.8 Å². The van der Waals surface area contributed by atoms with Gasteiger partial charge in [0.25, 0.3) is 5.56 Å². The first-order valence-electron chi connectivity index (χ1n) is 6.64. The molecule has 1 aromatic rings. The smallest absolute Gasteiger partial charge is 0.257 e. The van der Waals surface area contributed by atoms with Crippen LogP contribution in [-0.2, 0) is 13.0 Å². The lowest BCUT2D eigenvalue weighted by Crippen LogP contribution is -2.34. The second-order valence-electron chi connectivity index (χ2n) is 4.75. The number of aliphatic hydroxyl groups excluding tert-OH is 1. The number of aliphatic hydroxyl groups is 1. The number of hydrogen-bond donors (Lipinski definition) is 2. The number of likely N-dealkylation sites (N-methyl/N-ethyl adjacent to an activating group) is 1. The summed E-state index contributed by atoms with van der Waals surface area (Å²) in [7, 11) is 0. The molecule has 1 aromatic heterocycles. The lowest BCUT2D eigenvalue weighted by Gasteiger charge is -2.23. The molecular formula is C13H21N3O2. The van der Waals surface area contributed by atoms with Gasteiger partial charge in [-0.1, -0.05) is 6.92 Å². The number of hydrogen-bond acceptors (Lipinski definition) is 4. The summed E-state index contributed by atoms with van der Waals surface area (Å²) in [6.07, 6.45) is 1.64. The summed E-state index contributed by atoms with van der Waals surface area (Å²) in [4.78, 5) is 16.8. The molecule has 0 spiro atoms. The third-order valence-corrected chi connectivity index (χ3v) is 3.46. The van der Waals surface area contributed by atoms with E-state index in [1.165, 1.54) is 0 Å². The van der Waals surface area contributed by atoms with E-state index in [9.17, 15) is 9.90 Å². The zero-order chi connectivity index (χ0) is 13.1. The molecule has 18 heavy (non-hydrogen) atoms. The first kappa shape index (κ1) is 13.2. The lowest BCUT2D eigenvalue weighted by molar-refractivity contribution is 0.130. The molecule has 2 rings (SSSR count). The molecule has 1 atom stereocenters. The highest BCUT2D eigenvalue weighted by Crippen LogP contribution is 2.21. The fourth-order valence-electron chi connectivity index (χ4n) is 2.44. The molecule has 2 N–H and O–H groups in total. The van der Waals surface area contributed by atoms with E-state index in [4.69, 9.17) is 0 Å². The zero-order valence-electron chi connectivity index (χ0n) is 11.1. The van der Waals surface area contributed by atoms with E-state index in [2.05, 4.69) is 10.3 Å². The molecule has 0 saturated carbocycles. The molecule has 5 heteroatoms. The number of aryl methyl sites for hydroxylation is 1. The van der Waals surface area contributed by atoms with Gasteiger partial charge in [0.05, 0.1) is 0 Å². The van der Waals surface area contributed by atoms with Crippen molar-refractivity contribution in [2.45, 2.75) is 45.8 Å². The van der Waals surface area contributed by atoms with Crippen molar-refractivity contribution in [3.63, 3.8) is 0 Å². The Balaban J connectivity index is 2.34. The van der Waals surface area contributed by atoms with E-state index >= 15 is 0 Å². The molecule has 0 bridgehead atoms. The van der Waals surface area contributed by atoms with Crippen LogP contribution < -0.4 is 10.9 Å². The summed E-state index contributed by atoms with van der Waals surface area (Å²) >= 11 is 0. The van der Waals surface area contributed by atoms with Gasteiger partial charge < -0.3 is 10.4 Å². The van der Waals surface area contributed by atoms with Gasteiger partial charge in [-0.15, -0.1) is 0 Å². The van der Waals surface area contributed by atoms with E-state index in [-0.39, 0.29) is 5.56 Å². The monoisotopic (exact) mass is 251 g/mol. The van der Waals surface area contributed by atoms with Crippen LogP contribution in [0.15, 0.2) is 4.79 Å². The van der Waals surface area contributed by atoms with Crippen molar-refractivity contribution >= 4 is 0 Å². The van der Waals surface area contributed by atoms with Crippen molar-refractivity contribution in [2.24, 2.45) is 0 Å². The molecule has 1 aliphatic heterocycles. The summed E-state index contributed by atoms with van der Waals surface area (Å²) in [6.45, 7) is 6.26. The highest BCUT2D eigenvalue weighted by molar-refractivity contribution is 5.19. The molecule has 0 amide bonds. The van der Waals surface area contributed by atoms with Crippen molar-refractivity contribution in [1.82, 2.24) is 14.9 Å². The number of fused-ring (bicyclic) bond motifs is 1. The summed E-state index contributed by atoms with van der Waals surface area (Å²) in [5, 5.41) is 13.1. The lowest BCUT2D eigenvalue weighted by atomic mass is 10.1. The minimum absolute atomic E-state index is 0.0224. The summed E-state index contributed by atoms with van der Waals surface area (Å²) in [5.41, 5.74) is 1.55. The molecule has 1 aliphatic rings. The Labute approximate surface area is 107 Å². The minimum atomic E-state index is -0.590. The van der Waals surface area contributed by atoms with Crippen LogP contribution in [0.3, 0.4) is 0 Å². The fourth-order valence-corrected chi connectivity index (χ4v) is 2.44. The molecule has 1 unspecified atom stereocenters. The fraction of sp³-hybridized carbons (Fsp3) is 0.692. The van der Waals surface area contributed by atoms with Crippen molar-refractivity contribution in [3.8, 4) is 0 Å². The predicted octanol–water partition coefficient (Wildman–Crippen LogP) is 0.531. The Morgan fingerprint density at radius 1 is 1.56 bits per heavy atom. The van der Waals surface area contributed by atoms with Crippen LogP contribution in [0.2, 0.25) is 0 Å². The van der Waals surface area contributed by atoms with Crippen molar-refractivity contribution in [1.29, 1.82) is 0 Å². The largest absolute Gasteiger partial charge is 0.385 e. The average molecular weight is 251 g/mol. The molecule has 0 radical (unpaired) electrons. The van der Waals surface area contributed by atoms with Gasteiger partial charge in [-0.05, 0) is 39.3 Å². The zero-order valence-corrected chi connectivity index (χ0v) is 11.1. The van der Waals surface area contributed by atoms with E-state index in [0.29, 0.717) is 25.2 Å². The third kappa shape index (κ3) is 2.47. The predicted molar refractivity (Wildman–Crippen MR) is 69.7 cm³/mol. The maximum atomic E-state index is 12.4. The van der Waals surface area contributed by atoms with Crippen LogP contribution in [-0.4, -0.2) is 27.7 Å². The second-order valence-corrected chi connectivity index (χ2v) is 4.75. The highest BCUT2D eigenvalue weighted by Gasteiger charge is 2.22. The van der Waals surface area contributed by atoms with E-state index in [1.54, 1.807) is 4.57 Å². The Morgan fingerprint density at radius 3 is 3.06 bits per heavy atom. The Bertz CT molecular complexity index is 482. The van der Waals surface area contributed by atoms with Crippen LogP contribution >= 0.6 is 0 Å². The molecule has 0 aromatic carbocycles. The third-order valence-electron chi connectivity index (χ3n) is 3.46. The standard InChI is InChI=1S/C13H21N3O2/c1-3-14-7-6-10-9(2)15-12-11(17)5-4-8-16(12)13(10)18/h11,14,17H,3-8H2,1-2H3. The first-order valence-corrected chi connectivity index (χ1v) is 6.64. The van der Waals surface area contributed by atoms with Gasteiger partial charge in [0.1, 0.15) is 11.9 Å². The molecule has 100 valence electrons. The number of rotatable bonds is 4. The number of aromatic nitrogens is 2. The van der Waals surface area contributed by atoms with Gasteiger partial charge in [-0.3, -0.25) is 9.36 Å². The van der Waals surface area contributed by atoms with Crippen LogP contribution in [0.25, 0.3) is 0 Å². The molecular weight excluding hydrogens is 230 g/mol. The minimum Gasteiger partial charge on any atom is -0.385 e. The van der Waals surface area contributed by atoms with Crippen LogP contribution in [0.4, 0.5) is 0 Å². The molecule has 5 nitrogen and oxygen atoms in total. The van der Waals surface area contributed by atoms with Crippen molar-refractivity contribution in [3.05, 3.63) is 27.4 Å². The Kier molecular flexibility index (Phi) is 4.14.